The van der Waals surface area contributed by atoms with Gasteiger partial charge >= 0.3 is 0 Å². The Bertz CT molecular complexity index is 495. The minimum Gasteiger partial charge on any atom is -0.379 e. The zero-order chi connectivity index (χ0) is 34.1. The van der Waals surface area contributed by atoms with Crippen LogP contribution in [0, 0.1) is 0 Å². The van der Waals surface area contributed by atoms with Gasteiger partial charge in [-0.15, -0.1) is 0 Å². The fourth-order valence-corrected chi connectivity index (χ4v) is 7.22. The summed E-state index contributed by atoms with van der Waals surface area (Å²) < 4.78 is 0. The van der Waals surface area contributed by atoms with Crippen LogP contribution in [0.3, 0.4) is 0 Å². The highest BCUT2D eigenvalue weighted by molar-refractivity contribution is 4.60. The summed E-state index contributed by atoms with van der Waals surface area (Å²) in [5, 5.41) is 23.5. The van der Waals surface area contributed by atoms with E-state index in [-0.39, 0.29) is 0 Å². The molecule has 3 N–H and O–H groups in total. The zero-order valence-corrected chi connectivity index (χ0v) is 32.8. The van der Waals surface area contributed by atoms with Crippen molar-refractivity contribution in [2.75, 3.05) is 0 Å². The predicted molar refractivity (Wildman–Crippen MR) is 211 cm³/mol. The van der Waals surface area contributed by atoms with Crippen molar-refractivity contribution in [2.45, 2.75) is 283 Å². The Labute approximate surface area is 298 Å². The number of hydrogen-bond acceptors (Lipinski definition) is 3. The summed E-state index contributed by atoms with van der Waals surface area (Å²) in [4.78, 5) is 0. The summed E-state index contributed by atoms with van der Waals surface area (Å²) >= 11 is 0. The standard InChI is InChI=1S/C44H91NO2/c1-3-5-7-9-11-13-15-17-19-21-23-25-27-29-31-33-35-37-39-41-43(46)45-44(47)42-40-38-36-34-32-30-28-26-24-22-20-18-16-14-12-10-8-6-4-2/h43-47H,3-42H2,1-2H3. The first-order valence-corrected chi connectivity index (χ1v) is 22.3. The summed E-state index contributed by atoms with van der Waals surface area (Å²) in [6, 6.07) is 0. The maximum atomic E-state index is 10.3. The van der Waals surface area contributed by atoms with E-state index in [9.17, 15) is 10.2 Å². The third-order valence-electron chi connectivity index (χ3n) is 10.5. The third kappa shape index (κ3) is 42.0. The molecule has 0 aliphatic heterocycles. The summed E-state index contributed by atoms with van der Waals surface area (Å²) in [7, 11) is 0. The molecule has 0 saturated heterocycles. The van der Waals surface area contributed by atoms with Crippen LogP contribution in [0.4, 0.5) is 0 Å². The van der Waals surface area contributed by atoms with E-state index in [1.54, 1.807) is 0 Å². The Morgan fingerprint density at radius 2 is 0.404 bits per heavy atom. The molecule has 0 aromatic rings. The molecule has 0 bridgehead atoms. The van der Waals surface area contributed by atoms with Gasteiger partial charge in [-0.05, 0) is 25.7 Å². The largest absolute Gasteiger partial charge is 0.379 e. The summed E-state index contributed by atoms with van der Waals surface area (Å²) in [6.07, 6.45) is 53.1. The second kappa shape index (κ2) is 42.0. The molecule has 0 aromatic carbocycles. The molecule has 284 valence electrons. The maximum absolute atomic E-state index is 10.3. The van der Waals surface area contributed by atoms with Gasteiger partial charge in [0.05, 0.1) is 0 Å². The molecule has 0 saturated carbocycles. The van der Waals surface area contributed by atoms with E-state index >= 15 is 0 Å². The summed E-state index contributed by atoms with van der Waals surface area (Å²) in [5.74, 6) is 0. The topological polar surface area (TPSA) is 52.5 Å². The van der Waals surface area contributed by atoms with Gasteiger partial charge in [0.25, 0.3) is 0 Å². The van der Waals surface area contributed by atoms with Gasteiger partial charge in [-0.3, -0.25) is 5.32 Å². The molecule has 2 unspecified atom stereocenters. The number of nitrogens with one attached hydrogen (secondary N) is 1. The van der Waals surface area contributed by atoms with Crippen molar-refractivity contribution in [3.63, 3.8) is 0 Å². The fourth-order valence-electron chi connectivity index (χ4n) is 7.22. The number of aliphatic hydroxyl groups is 2. The Hall–Kier alpha value is -0.120. The van der Waals surface area contributed by atoms with Crippen molar-refractivity contribution >= 4 is 0 Å². The van der Waals surface area contributed by atoms with Gasteiger partial charge in [-0.1, -0.05) is 245 Å². The molecule has 2 atom stereocenters. The second-order valence-electron chi connectivity index (χ2n) is 15.5. The van der Waals surface area contributed by atoms with E-state index in [0.29, 0.717) is 0 Å². The lowest BCUT2D eigenvalue weighted by Crippen LogP contribution is -2.38. The van der Waals surface area contributed by atoms with Crippen LogP contribution in [0.2, 0.25) is 0 Å². The van der Waals surface area contributed by atoms with Gasteiger partial charge in [0.2, 0.25) is 0 Å². The van der Waals surface area contributed by atoms with Gasteiger partial charge < -0.3 is 10.2 Å². The molecular formula is C44H91NO2. The van der Waals surface area contributed by atoms with Crippen molar-refractivity contribution in [1.82, 2.24) is 5.32 Å². The lowest BCUT2D eigenvalue weighted by molar-refractivity contribution is 0.0310. The van der Waals surface area contributed by atoms with Gasteiger partial charge in [0.1, 0.15) is 12.5 Å². The van der Waals surface area contributed by atoms with Gasteiger partial charge in [-0.2, -0.15) is 0 Å². The maximum Gasteiger partial charge on any atom is 0.106 e. The molecule has 0 heterocycles. The Balaban J connectivity index is 3.24. The van der Waals surface area contributed by atoms with Gasteiger partial charge in [0, 0.05) is 0 Å². The Morgan fingerprint density at radius 3 is 0.574 bits per heavy atom. The highest BCUT2D eigenvalue weighted by atomic mass is 16.3. The summed E-state index contributed by atoms with van der Waals surface area (Å²) in [6.45, 7) is 4.59. The minimum atomic E-state index is -0.559. The Kier molecular flexibility index (Phi) is 41.9. The van der Waals surface area contributed by atoms with Crippen molar-refractivity contribution in [1.29, 1.82) is 0 Å². The molecule has 3 heteroatoms. The van der Waals surface area contributed by atoms with E-state index in [1.807, 2.05) is 0 Å². The van der Waals surface area contributed by atoms with Crippen molar-refractivity contribution in [3.05, 3.63) is 0 Å². The van der Waals surface area contributed by atoms with Crippen LogP contribution in [0.15, 0.2) is 0 Å². The van der Waals surface area contributed by atoms with Crippen LogP contribution < -0.4 is 5.32 Å². The number of aliphatic hydroxyl groups excluding tert-OH is 2. The quantitative estimate of drug-likeness (QED) is 0.0449. The molecule has 0 aromatic heterocycles. The van der Waals surface area contributed by atoms with Crippen LogP contribution >= 0.6 is 0 Å². The van der Waals surface area contributed by atoms with Crippen molar-refractivity contribution in [2.24, 2.45) is 0 Å². The molecule has 0 aliphatic rings. The molecule has 0 fully saturated rings. The highest BCUT2D eigenvalue weighted by Crippen LogP contribution is 2.17. The average molecular weight is 666 g/mol. The van der Waals surface area contributed by atoms with Crippen molar-refractivity contribution < 1.29 is 10.2 Å². The van der Waals surface area contributed by atoms with Gasteiger partial charge in [0.15, 0.2) is 0 Å². The SMILES string of the molecule is CCCCCCCCCCCCCCCCCCCCCC(O)NC(O)CCCCCCCCCCCCCCCCCCCCC. The normalized spacial score (nSPS) is 13.0. The zero-order valence-electron chi connectivity index (χ0n) is 32.8. The Morgan fingerprint density at radius 1 is 0.255 bits per heavy atom. The van der Waals surface area contributed by atoms with E-state index in [4.69, 9.17) is 0 Å². The van der Waals surface area contributed by atoms with E-state index in [1.165, 1.54) is 231 Å². The fraction of sp³-hybridized carbons (Fsp3) is 1.00. The monoisotopic (exact) mass is 666 g/mol. The van der Waals surface area contributed by atoms with Crippen LogP contribution in [0.25, 0.3) is 0 Å². The lowest BCUT2D eigenvalue weighted by atomic mass is 10.0. The van der Waals surface area contributed by atoms with Crippen molar-refractivity contribution in [3.8, 4) is 0 Å². The summed E-state index contributed by atoms with van der Waals surface area (Å²) in [5.41, 5.74) is 0. The number of unbranched alkanes of at least 4 members (excludes halogenated alkanes) is 36. The first kappa shape index (κ1) is 46.9. The van der Waals surface area contributed by atoms with Crippen LogP contribution in [-0.4, -0.2) is 22.7 Å². The van der Waals surface area contributed by atoms with E-state index in [2.05, 4.69) is 19.2 Å². The highest BCUT2D eigenvalue weighted by Gasteiger charge is 2.09. The third-order valence-corrected chi connectivity index (χ3v) is 10.5. The lowest BCUT2D eigenvalue weighted by Gasteiger charge is -2.18. The molecule has 0 aliphatic carbocycles. The first-order valence-electron chi connectivity index (χ1n) is 22.3. The molecule has 0 amide bonds. The van der Waals surface area contributed by atoms with Crippen LogP contribution in [0.1, 0.15) is 271 Å². The molecular weight excluding hydrogens is 574 g/mol. The van der Waals surface area contributed by atoms with E-state index < -0.39 is 12.5 Å². The second-order valence-corrected chi connectivity index (χ2v) is 15.5. The first-order chi connectivity index (χ1) is 23.2. The van der Waals surface area contributed by atoms with Crippen LogP contribution in [0.5, 0.6) is 0 Å². The van der Waals surface area contributed by atoms with Gasteiger partial charge in [-0.25, -0.2) is 0 Å². The molecule has 47 heavy (non-hydrogen) atoms. The average Bonchev–Trinajstić information content (AvgIpc) is 3.06. The molecule has 3 nitrogen and oxygen atoms in total. The predicted octanol–water partition coefficient (Wildman–Crippen LogP) is 14.9. The molecule has 0 spiro atoms. The molecule has 0 radical (unpaired) electrons. The smallest absolute Gasteiger partial charge is 0.106 e. The number of hydrogen-bond donors (Lipinski definition) is 3. The minimum absolute atomic E-state index is 0.559. The molecule has 0 rings (SSSR count). The van der Waals surface area contributed by atoms with Crippen LogP contribution in [-0.2, 0) is 0 Å². The number of rotatable bonds is 42. The van der Waals surface area contributed by atoms with E-state index in [0.717, 1.165) is 25.7 Å².